The third-order valence-corrected chi connectivity index (χ3v) is 3.52. The summed E-state index contributed by atoms with van der Waals surface area (Å²) in [5.41, 5.74) is 0. The summed E-state index contributed by atoms with van der Waals surface area (Å²) in [5, 5.41) is 3.57. The number of amidine groups is 1. The molecule has 0 saturated carbocycles. The van der Waals surface area contributed by atoms with E-state index in [1.165, 1.54) is 57.6 Å². The van der Waals surface area contributed by atoms with Crippen LogP contribution in [0, 0.1) is 0 Å². The minimum atomic E-state index is 0.551. The van der Waals surface area contributed by atoms with Crippen LogP contribution < -0.4 is 5.32 Å². The van der Waals surface area contributed by atoms with E-state index in [-0.39, 0.29) is 0 Å². The molecule has 2 aliphatic rings. The Morgan fingerprint density at radius 3 is 2.69 bits per heavy atom. The van der Waals surface area contributed by atoms with Gasteiger partial charge in [0, 0.05) is 25.6 Å². The number of likely N-dealkylation sites (tertiary alicyclic amines) is 1. The van der Waals surface area contributed by atoms with E-state index in [1.54, 1.807) is 0 Å². The molecule has 0 bridgehead atoms. The smallest absolute Gasteiger partial charge is 0.0965 e. The zero-order chi connectivity index (χ0) is 11.2. The molecule has 16 heavy (non-hydrogen) atoms. The molecule has 1 atom stereocenters. The van der Waals surface area contributed by atoms with Crippen molar-refractivity contribution in [3.63, 3.8) is 0 Å². The van der Waals surface area contributed by atoms with Crippen molar-refractivity contribution in [1.82, 2.24) is 10.2 Å². The first-order valence-electron chi connectivity index (χ1n) is 6.87. The van der Waals surface area contributed by atoms with Crippen LogP contribution in [0.4, 0.5) is 0 Å². The Morgan fingerprint density at radius 2 is 2.00 bits per heavy atom. The van der Waals surface area contributed by atoms with Crippen molar-refractivity contribution in [2.75, 3.05) is 26.2 Å². The van der Waals surface area contributed by atoms with E-state index in [0.717, 1.165) is 13.0 Å². The van der Waals surface area contributed by atoms with E-state index in [4.69, 9.17) is 0 Å². The molecule has 2 aliphatic heterocycles. The molecule has 0 aromatic carbocycles. The van der Waals surface area contributed by atoms with Gasteiger partial charge in [-0.25, -0.2) is 0 Å². The molecule has 0 aromatic heterocycles. The maximum Gasteiger partial charge on any atom is 0.0965 e. The largest absolute Gasteiger partial charge is 0.370 e. The second-order valence-corrected chi connectivity index (χ2v) is 5.19. The molecule has 0 radical (unpaired) electrons. The quantitative estimate of drug-likeness (QED) is 0.793. The van der Waals surface area contributed by atoms with Crippen LogP contribution in [-0.4, -0.2) is 43.0 Å². The first kappa shape index (κ1) is 11.9. The lowest BCUT2D eigenvalue weighted by Gasteiger charge is -2.30. The van der Waals surface area contributed by atoms with E-state index >= 15 is 0 Å². The molecule has 92 valence electrons. The van der Waals surface area contributed by atoms with E-state index in [0.29, 0.717) is 6.04 Å². The standard InChI is InChI=1S/C13H25N3/c1-12(11-16-9-5-2-6-10-16)15-13-7-3-4-8-14-13/h12H,2-11H2,1H3,(H,14,15). The fraction of sp³-hybridized carbons (Fsp3) is 0.923. The molecule has 0 amide bonds. The van der Waals surface area contributed by atoms with Crippen LogP contribution in [-0.2, 0) is 0 Å². The fourth-order valence-electron chi connectivity index (χ4n) is 2.67. The molecule has 2 heterocycles. The number of nitrogens with one attached hydrogen (secondary N) is 1. The maximum atomic E-state index is 4.55. The van der Waals surface area contributed by atoms with Crippen molar-refractivity contribution >= 4 is 5.84 Å². The van der Waals surface area contributed by atoms with E-state index in [1.807, 2.05) is 0 Å². The summed E-state index contributed by atoms with van der Waals surface area (Å²) >= 11 is 0. The summed E-state index contributed by atoms with van der Waals surface area (Å²) < 4.78 is 0. The van der Waals surface area contributed by atoms with Gasteiger partial charge in [0.05, 0.1) is 5.84 Å². The van der Waals surface area contributed by atoms with Crippen LogP contribution in [0.25, 0.3) is 0 Å². The van der Waals surface area contributed by atoms with Gasteiger partial charge in [-0.1, -0.05) is 6.42 Å². The first-order chi connectivity index (χ1) is 7.84. The average Bonchev–Trinajstić information content (AvgIpc) is 2.31. The van der Waals surface area contributed by atoms with Gasteiger partial charge in [-0.05, 0) is 45.7 Å². The molecule has 0 spiro atoms. The summed E-state index contributed by atoms with van der Waals surface area (Å²) in [6.07, 6.45) is 7.92. The minimum absolute atomic E-state index is 0.551. The Morgan fingerprint density at radius 1 is 1.19 bits per heavy atom. The second-order valence-electron chi connectivity index (χ2n) is 5.19. The molecule has 1 saturated heterocycles. The number of piperidine rings is 1. The van der Waals surface area contributed by atoms with Crippen molar-refractivity contribution in [3.8, 4) is 0 Å². The number of aliphatic imine (C=N–C) groups is 1. The molecule has 3 nitrogen and oxygen atoms in total. The van der Waals surface area contributed by atoms with Gasteiger partial charge in [-0.2, -0.15) is 0 Å². The van der Waals surface area contributed by atoms with Crippen LogP contribution >= 0.6 is 0 Å². The molecule has 0 aliphatic carbocycles. The first-order valence-corrected chi connectivity index (χ1v) is 6.87. The fourth-order valence-corrected chi connectivity index (χ4v) is 2.67. The summed E-state index contributed by atoms with van der Waals surface area (Å²) in [5.74, 6) is 1.25. The van der Waals surface area contributed by atoms with Crippen molar-refractivity contribution in [2.45, 2.75) is 51.5 Å². The average molecular weight is 223 g/mol. The highest BCUT2D eigenvalue weighted by atomic mass is 15.2. The van der Waals surface area contributed by atoms with E-state index < -0.39 is 0 Å². The molecular formula is C13H25N3. The molecular weight excluding hydrogens is 198 g/mol. The highest BCUT2D eigenvalue weighted by Gasteiger charge is 2.14. The predicted octanol–water partition coefficient (Wildman–Crippen LogP) is 2.03. The number of rotatable bonds is 3. The Kier molecular flexibility index (Phi) is 4.64. The highest BCUT2D eigenvalue weighted by Crippen LogP contribution is 2.09. The van der Waals surface area contributed by atoms with Gasteiger partial charge in [0.1, 0.15) is 0 Å². The lowest BCUT2D eigenvalue weighted by atomic mass is 10.1. The number of hydrogen-bond acceptors (Lipinski definition) is 3. The summed E-state index contributed by atoms with van der Waals surface area (Å²) in [4.78, 5) is 7.14. The van der Waals surface area contributed by atoms with Crippen molar-refractivity contribution in [1.29, 1.82) is 0 Å². The van der Waals surface area contributed by atoms with Gasteiger partial charge in [0.25, 0.3) is 0 Å². The van der Waals surface area contributed by atoms with Gasteiger partial charge in [0.15, 0.2) is 0 Å². The van der Waals surface area contributed by atoms with Crippen molar-refractivity contribution in [3.05, 3.63) is 0 Å². The monoisotopic (exact) mass is 223 g/mol. The van der Waals surface area contributed by atoms with Crippen LogP contribution in [0.5, 0.6) is 0 Å². The van der Waals surface area contributed by atoms with Crippen LogP contribution in [0.3, 0.4) is 0 Å². The van der Waals surface area contributed by atoms with Crippen LogP contribution in [0.15, 0.2) is 4.99 Å². The van der Waals surface area contributed by atoms with Crippen LogP contribution in [0.1, 0.15) is 45.4 Å². The number of hydrogen-bond donors (Lipinski definition) is 1. The normalized spacial score (nSPS) is 24.9. The topological polar surface area (TPSA) is 27.6 Å². The summed E-state index contributed by atoms with van der Waals surface area (Å²) in [6.45, 7) is 7.07. The predicted molar refractivity (Wildman–Crippen MR) is 69.0 cm³/mol. The van der Waals surface area contributed by atoms with Gasteiger partial charge >= 0.3 is 0 Å². The molecule has 0 aromatic rings. The Bertz CT molecular complexity index is 231. The third kappa shape index (κ3) is 3.78. The number of nitrogens with zero attached hydrogens (tertiary/aromatic N) is 2. The van der Waals surface area contributed by atoms with E-state index in [9.17, 15) is 0 Å². The van der Waals surface area contributed by atoms with Crippen molar-refractivity contribution in [2.24, 2.45) is 4.99 Å². The Hall–Kier alpha value is -0.570. The minimum Gasteiger partial charge on any atom is -0.370 e. The summed E-state index contributed by atoms with van der Waals surface area (Å²) in [7, 11) is 0. The zero-order valence-corrected chi connectivity index (χ0v) is 10.5. The summed E-state index contributed by atoms with van der Waals surface area (Å²) in [6, 6.07) is 0.551. The second kappa shape index (κ2) is 6.24. The molecule has 1 N–H and O–H groups in total. The van der Waals surface area contributed by atoms with Crippen LogP contribution in [0.2, 0.25) is 0 Å². The Labute approximate surface area is 99.3 Å². The van der Waals surface area contributed by atoms with Gasteiger partial charge in [-0.3, -0.25) is 4.99 Å². The lowest BCUT2D eigenvalue weighted by Crippen LogP contribution is -2.44. The molecule has 3 heteroatoms. The highest BCUT2D eigenvalue weighted by molar-refractivity contribution is 5.82. The SMILES string of the molecule is CC(CN1CCCCC1)NC1=NCCCC1. The van der Waals surface area contributed by atoms with Gasteiger partial charge < -0.3 is 10.2 Å². The lowest BCUT2D eigenvalue weighted by molar-refractivity contribution is 0.214. The zero-order valence-electron chi connectivity index (χ0n) is 10.5. The van der Waals surface area contributed by atoms with Gasteiger partial charge in [0.2, 0.25) is 0 Å². The molecule has 2 rings (SSSR count). The van der Waals surface area contributed by atoms with E-state index in [2.05, 4.69) is 22.1 Å². The molecule has 1 fully saturated rings. The third-order valence-electron chi connectivity index (χ3n) is 3.52. The van der Waals surface area contributed by atoms with Crippen molar-refractivity contribution < 1.29 is 0 Å². The maximum absolute atomic E-state index is 4.55. The molecule has 1 unspecified atom stereocenters. The Balaban J connectivity index is 1.70. The van der Waals surface area contributed by atoms with Gasteiger partial charge in [-0.15, -0.1) is 0 Å².